The summed E-state index contributed by atoms with van der Waals surface area (Å²) >= 11 is 1.62. The predicted octanol–water partition coefficient (Wildman–Crippen LogP) is 2.28. The number of aromatic nitrogens is 1. The van der Waals surface area contributed by atoms with Crippen LogP contribution in [0.25, 0.3) is 0 Å². The summed E-state index contributed by atoms with van der Waals surface area (Å²) in [7, 11) is 1.12. The highest BCUT2D eigenvalue weighted by Crippen LogP contribution is 2.26. The lowest BCUT2D eigenvalue weighted by atomic mass is 10.1. The first-order valence-electron chi connectivity index (χ1n) is 3.98. The van der Waals surface area contributed by atoms with Gasteiger partial charge in [-0.3, -0.25) is 0 Å². The maximum Gasteiger partial charge on any atom is 0.356 e. The van der Waals surface area contributed by atoms with E-state index in [1.165, 1.54) is 0 Å². The van der Waals surface area contributed by atoms with Gasteiger partial charge in [-0.15, -0.1) is 0 Å². The molecule has 1 rings (SSSR count). The number of carbonyl (C=O) groups is 1. The first kappa shape index (κ1) is 12.8. The van der Waals surface area contributed by atoms with E-state index in [2.05, 4.69) is 9.72 Å². The van der Waals surface area contributed by atoms with E-state index in [0.29, 0.717) is 0 Å². The Bertz CT molecular complexity index is 471. The molecule has 1 aromatic heterocycles. The second-order valence-electron chi connectivity index (χ2n) is 2.67. The van der Waals surface area contributed by atoms with E-state index in [0.717, 1.165) is 13.2 Å². The second kappa shape index (κ2) is 5.16. The van der Waals surface area contributed by atoms with E-state index in [9.17, 15) is 13.6 Å². The fourth-order valence-corrected chi connectivity index (χ4v) is 1.72. The van der Waals surface area contributed by atoms with Crippen molar-refractivity contribution in [2.75, 3.05) is 7.11 Å². The molecule has 0 radical (unpaired) electrons. The molecule has 4 nitrogen and oxygen atoms in total. The summed E-state index contributed by atoms with van der Waals surface area (Å²) < 4.78 is 29.6. The van der Waals surface area contributed by atoms with Gasteiger partial charge in [0.25, 0.3) is 6.43 Å². The summed E-state index contributed by atoms with van der Waals surface area (Å²) in [5.41, 5.74) is -0.966. The average Bonchev–Trinajstić information content (AvgIpc) is 2.26. The third-order valence-electron chi connectivity index (χ3n) is 1.75. The lowest BCUT2D eigenvalue weighted by Gasteiger charge is -2.06. The molecule has 1 aromatic rings. The molecule has 0 unspecified atom stereocenters. The number of rotatable bonds is 2. The predicted molar refractivity (Wildman–Crippen MR) is 58.0 cm³/mol. The molecule has 0 fully saturated rings. The number of hydrogen-bond donors (Lipinski definition) is 0. The number of pyridine rings is 1. The van der Waals surface area contributed by atoms with Crippen molar-refractivity contribution in [1.29, 1.82) is 5.26 Å². The molecule has 0 N–H and O–H groups in total. The van der Waals surface area contributed by atoms with Gasteiger partial charge in [0.05, 0.1) is 12.7 Å². The fourth-order valence-electron chi connectivity index (χ4n) is 1.02. The maximum absolute atomic E-state index is 12.6. The summed E-state index contributed by atoms with van der Waals surface area (Å²) in [5, 5.41) is 8.69. The van der Waals surface area contributed by atoms with E-state index in [4.69, 9.17) is 5.26 Å². The zero-order valence-corrected chi connectivity index (χ0v) is 10.2. The molecule has 7 heteroatoms. The molecule has 0 aliphatic rings. The summed E-state index contributed by atoms with van der Waals surface area (Å²) in [5.74, 6) is -0.815. The van der Waals surface area contributed by atoms with Crippen LogP contribution in [0.2, 0.25) is 0 Å². The number of nitriles is 1. The Morgan fingerprint density at radius 1 is 1.69 bits per heavy atom. The molecule has 0 bridgehead atoms. The minimum atomic E-state index is -2.84. The van der Waals surface area contributed by atoms with Crippen LogP contribution in [0, 0.1) is 15.0 Å². The topological polar surface area (TPSA) is 63.0 Å². The van der Waals surface area contributed by atoms with Crippen LogP contribution in [0.3, 0.4) is 0 Å². The fraction of sp³-hybridized carbons (Fsp3) is 0.222. The van der Waals surface area contributed by atoms with Crippen LogP contribution in [0.5, 0.6) is 0 Å². The van der Waals surface area contributed by atoms with Gasteiger partial charge in [0.15, 0.2) is 0 Å². The van der Waals surface area contributed by atoms with E-state index in [-0.39, 0.29) is 15.0 Å². The Morgan fingerprint density at radius 3 is 2.75 bits per heavy atom. The van der Waals surface area contributed by atoms with Crippen molar-refractivity contribution in [3.8, 4) is 6.07 Å². The third kappa shape index (κ3) is 2.44. The van der Waals surface area contributed by atoms with Crippen LogP contribution in [-0.2, 0) is 4.74 Å². The minimum absolute atomic E-state index is 0.0540. The normalized spacial score (nSPS) is 10.0. The van der Waals surface area contributed by atoms with Crippen molar-refractivity contribution in [2.24, 2.45) is 0 Å². The maximum atomic E-state index is 12.6. The number of nitrogens with zero attached hydrogens (tertiary/aromatic N) is 2. The highest BCUT2D eigenvalue weighted by atomic mass is 127. The summed E-state index contributed by atoms with van der Waals surface area (Å²) in [4.78, 5) is 14.8. The van der Waals surface area contributed by atoms with Gasteiger partial charge in [0.1, 0.15) is 15.5 Å². The number of carbonyl (C=O) groups excluding carboxylic acids is 1. The number of ether oxygens (including phenoxy) is 1. The molecule has 0 aliphatic carbocycles. The SMILES string of the molecule is COC(=O)c1cc(C(F)F)c(C#N)c(I)n1. The molecule has 0 aromatic carbocycles. The van der Waals surface area contributed by atoms with E-state index >= 15 is 0 Å². The summed E-state index contributed by atoms with van der Waals surface area (Å²) in [6.07, 6.45) is -2.84. The Morgan fingerprint density at radius 2 is 2.31 bits per heavy atom. The Balaban J connectivity index is 3.41. The van der Waals surface area contributed by atoms with Crippen molar-refractivity contribution in [3.63, 3.8) is 0 Å². The van der Waals surface area contributed by atoms with Crippen LogP contribution in [0.4, 0.5) is 8.78 Å². The first-order valence-corrected chi connectivity index (χ1v) is 5.06. The first-order chi connectivity index (χ1) is 7.51. The van der Waals surface area contributed by atoms with Crippen LogP contribution in [0.15, 0.2) is 6.07 Å². The molecule has 84 valence electrons. The van der Waals surface area contributed by atoms with Crippen molar-refractivity contribution in [3.05, 3.63) is 26.6 Å². The molecule has 0 atom stereocenters. The van der Waals surface area contributed by atoms with Crippen LogP contribution in [0.1, 0.15) is 28.0 Å². The van der Waals surface area contributed by atoms with Crippen molar-refractivity contribution < 1.29 is 18.3 Å². The van der Waals surface area contributed by atoms with Gasteiger partial charge in [0.2, 0.25) is 0 Å². The second-order valence-corrected chi connectivity index (χ2v) is 3.69. The van der Waals surface area contributed by atoms with Crippen molar-refractivity contribution >= 4 is 28.6 Å². The van der Waals surface area contributed by atoms with Crippen LogP contribution < -0.4 is 0 Å². The largest absolute Gasteiger partial charge is 0.464 e. The molecule has 0 spiro atoms. The molecule has 0 aliphatic heterocycles. The highest BCUT2D eigenvalue weighted by molar-refractivity contribution is 14.1. The van der Waals surface area contributed by atoms with Gasteiger partial charge < -0.3 is 4.74 Å². The average molecular weight is 338 g/mol. The number of alkyl halides is 2. The zero-order valence-electron chi connectivity index (χ0n) is 8.00. The van der Waals surface area contributed by atoms with Gasteiger partial charge in [-0.05, 0) is 28.7 Å². The van der Waals surface area contributed by atoms with E-state index in [1.54, 1.807) is 28.7 Å². The smallest absolute Gasteiger partial charge is 0.356 e. The quantitative estimate of drug-likeness (QED) is 0.472. The molecule has 1 heterocycles. The Hall–Kier alpha value is -1.30. The van der Waals surface area contributed by atoms with Gasteiger partial charge >= 0.3 is 5.97 Å². The lowest BCUT2D eigenvalue weighted by molar-refractivity contribution is 0.0593. The van der Waals surface area contributed by atoms with Crippen LogP contribution >= 0.6 is 22.6 Å². The summed E-state index contributed by atoms with van der Waals surface area (Å²) in [6.45, 7) is 0. The lowest BCUT2D eigenvalue weighted by Crippen LogP contribution is -2.09. The molecular weight excluding hydrogens is 333 g/mol. The molecule has 0 saturated carbocycles. The summed E-state index contributed by atoms with van der Waals surface area (Å²) in [6, 6.07) is 2.50. The molecule has 0 amide bonds. The standard InChI is InChI=1S/C9H5F2IN2O2/c1-16-9(15)6-2-4(7(10)11)5(3-13)8(12)14-6/h2,7H,1H3. The number of esters is 1. The monoisotopic (exact) mass is 338 g/mol. The number of halogens is 3. The van der Waals surface area contributed by atoms with E-state index in [1.807, 2.05) is 0 Å². The number of methoxy groups -OCH3 is 1. The zero-order chi connectivity index (χ0) is 12.3. The Kier molecular flexibility index (Phi) is 4.12. The van der Waals surface area contributed by atoms with Gasteiger partial charge in [-0.25, -0.2) is 18.6 Å². The number of hydrogen-bond acceptors (Lipinski definition) is 4. The highest BCUT2D eigenvalue weighted by Gasteiger charge is 2.20. The van der Waals surface area contributed by atoms with Gasteiger partial charge in [0, 0.05) is 5.56 Å². The Labute approximate surface area is 103 Å². The van der Waals surface area contributed by atoms with E-state index < -0.39 is 18.0 Å². The molecule has 16 heavy (non-hydrogen) atoms. The van der Waals surface area contributed by atoms with Gasteiger partial charge in [-0.2, -0.15) is 5.26 Å². The van der Waals surface area contributed by atoms with Crippen LogP contribution in [-0.4, -0.2) is 18.1 Å². The third-order valence-corrected chi connectivity index (χ3v) is 2.53. The van der Waals surface area contributed by atoms with Crippen molar-refractivity contribution in [1.82, 2.24) is 4.98 Å². The minimum Gasteiger partial charge on any atom is -0.464 e. The molecule has 0 saturated heterocycles. The molecular formula is C9H5F2IN2O2. The van der Waals surface area contributed by atoms with Gasteiger partial charge in [-0.1, -0.05) is 0 Å². The van der Waals surface area contributed by atoms with Crippen molar-refractivity contribution in [2.45, 2.75) is 6.43 Å².